The summed E-state index contributed by atoms with van der Waals surface area (Å²) in [7, 11) is 0. The van der Waals surface area contributed by atoms with E-state index in [0.717, 1.165) is 149 Å². The van der Waals surface area contributed by atoms with Crippen LogP contribution in [0.5, 0.6) is 0 Å². The maximum absolute atomic E-state index is 12.3. The molecule has 5 N–H and O–H groups in total. The summed E-state index contributed by atoms with van der Waals surface area (Å²) in [5, 5.41) is 36.3. The van der Waals surface area contributed by atoms with Crippen molar-refractivity contribution < 1.29 is 20.3 Å². The second-order valence-corrected chi connectivity index (χ2v) is 19.1. The van der Waals surface area contributed by atoms with Crippen molar-refractivity contribution in [3.05, 3.63) is 155 Å². The molecule has 6 aromatic rings. The van der Waals surface area contributed by atoms with Gasteiger partial charge in [-0.05, 0) is 132 Å². The number of rotatable bonds is 7. The molecule has 332 valence electrons. The minimum absolute atomic E-state index is 0.156. The SMILES string of the molecule is CC(C)(C)N(C(=O)O)C1(c2ccc(-c3nc4c(cc3-c3ccccc3)C(=NO)CCC4)cc2)CCC1.NC1(c2ccc(-c3nc4c(cc3-c3ccccc3)C(=NO)CCC4)cc2)CCC1. The molecule has 10 rings (SSSR count). The third-order valence-corrected chi connectivity index (χ3v) is 14.0. The average molecular weight is 867 g/mol. The molecule has 0 radical (unpaired) electrons. The molecular formula is C55H58N6O4. The molecule has 1 amide bonds. The van der Waals surface area contributed by atoms with Gasteiger partial charge in [-0.1, -0.05) is 120 Å². The number of fused-ring (bicyclic) bond motifs is 2. The molecule has 2 heterocycles. The quantitative estimate of drug-likeness (QED) is 0.0918. The number of benzene rings is 4. The van der Waals surface area contributed by atoms with Gasteiger partial charge in [-0.3, -0.25) is 14.9 Å². The summed E-state index contributed by atoms with van der Waals surface area (Å²) < 4.78 is 0. The number of oxime groups is 2. The highest BCUT2D eigenvalue weighted by Gasteiger charge is 2.50. The Balaban J connectivity index is 0.000000168. The van der Waals surface area contributed by atoms with Crippen LogP contribution in [0.1, 0.15) is 119 Å². The third kappa shape index (κ3) is 8.32. The molecule has 2 fully saturated rings. The standard InChI is InChI=1S/C30H33N3O3.C25H25N3O/c1-29(2,3)33(28(34)35)30(17-8-18-30)22-15-13-21(14-16-22)27-23(20-9-5-4-6-10-20)19-24-25(31-27)11-7-12-26(24)32-36;26-25(14-5-15-25)19-12-10-18(11-13-19)24-20(17-6-2-1-3-7-17)16-21-22(27-24)8-4-9-23(21)28-29/h4-6,9-10,13-16,19,36H,7-8,11-12,17-18H2,1-3H3,(H,34,35);1-3,6-7,10-13,16,29H,4-5,8-9,14-15,26H2. The largest absolute Gasteiger partial charge is 0.465 e. The zero-order chi connectivity index (χ0) is 45.3. The highest BCUT2D eigenvalue weighted by atomic mass is 16.4. The van der Waals surface area contributed by atoms with Crippen molar-refractivity contribution in [3.63, 3.8) is 0 Å². The molecule has 0 saturated heterocycles. The van der Waals surface area contributed by atoms with Crippen LogP contribution in [0.2, 0.25) is 0 Å². The fraction of sp³-hybridized carbons (Fsp3) is 0.327. The number of hydrogen-bond acceptors (Lipinski definition) is 8. The monoisotopic (exact) mass is 866 g/mol. The lowest BCUT2D eigenvalue weighted by Gasteiger charge is -2.54. The van der Waals surface area contributed by atoms with Crippen molar-refractivity contribution in [2.24, 2.45) is 16.0 Å². The van der Waals surface area contributed by atoms with Crippen molar-refractivity contribution in [3.8, 4) is 44.8 Å². The Morgan fingerprint density at radius 2 is 1.00 bits per heavy atom. The first kappa shape index (κ1) is 43.6. The maximum atomic E-state index is 12.3. The minimum atomic E-state index is -0.879. The summed E-state index contributed by atoms with van der Waals surface area (Å²) in [5.74, 6) is 0. The predicted molar refractivity (Wildman–Crippen MR) is 258 cm³/mol. The van der Waals surface area contributed by atoms with Gasteiger partial charge in [0.25, 0.3) is 0 Å². The zero-order valence-corrected chi connectivity index (χ0v) is 37.6. The topological polar surface area (TPSA) is 158 Å². The van der Waals surface area contributed by atoms with Gasteiger partial charge in [0.15, 0.2) is 0 Å². The number of carboxylic acid groups (broad SMARTS) is 1. The minimum Gasteiger partial charge on any atom is -0.465 e. The molecule has 2 saturated carbocycles. The first-order chi connectivity index (χ1) is 31.4. The van der Waals surface area contributed by atoms with Crippen molar-refractivity contribution in [2.75, 3.05) is 0 Å². The Hall–Kier alpha value is -6.65. The highest BCUT2D eigenvalue weighted by Crippen LogP contribution is 2.50. The Kier molecular flexibility index (Phi) is 11.9. The highest BCUT2D eigenvalue weighted by molar-refractivity contribution is 6.04. The van der Waals surface area contributed by atoms with Gasteiger partial charge in [0, 0.05) is 44.5 Å². The number of aromatic nitrogens is 2. The van der Waals surface area contributed by atoms with Crippen LogP contribution in [0.4, 0.5) is 4.79 Å². The van der Waals surface area contributed by atoms with Crippen molar-refractivity contribution in [2.45, 2.75) is 114 Å². The van der Waals surface area contributed by atoms with Crippen LogP contribution in [0.15, 0.2) is 132 Å². The van der Waals surface area contributed by atoms with E-state index in [4.69, 9.17) is 15.7 Å². The molecular weight excluding hydrogens is 809 g/mol. The normalized spacial score (nSPS) is 18.3. The van der Waals surface area contributed by atoms with Crippen molar-refractivity contribution in [1.82, 2.24) is 14.9 Å². The Morgan fingerprint density at radius 3 is 1.35 bits per heavy atom. The van der Waals surface area contributed by atoms with Gasteiger partial charge in [0.05, 0.1) is 39.7 Å². The number of nitrogens with two attached hydrogens (primary N) is 1. The molecule has 65 heavy (non-hydrogen) atoms. The van der Waals surface area contributed by atoms with E-state index in [1.165, 1.54) is 12.0 Å². The van der Waals surface area contributed by atoms with Gasteiger partial charge < -0.3 is 21.3 Å². The van der Waals surface area contributed by atoms with Gasteiger partial charge in [-0.15, -0.1) is 0 Å². The lowest BCUT2D eigenvalue weighted by Crippen LogP contribution is -2.60. The molecule has 10 heteroatoms. The summed E-state index contributed by atoms with van der Waals surface area (Å²) in [6.45, 7) is 5.88. The molecule has 0 bridgehead atoms. The molecule has 0 unspecified atom stereocenters. The lowest BCUT2D eigenvalue weighted by molar-refractivity contribution is -0.0328. The number of aryl methyl sites for hydroxylation is 2. The van der Waals surface area contributed by atoms with Crippen molar-refractivity contribution in [1.29, 1.82) is 0 Å². The van der Waals surface area contributed by atoms with Crippen LogP contribution in [0, 0.1) is 0 Å². The number of pyridine rings is 2. The molecule has 4 aromatic carbocycles. The molecule has 4 aliphatic rings. The lowest BCUT2D eigenvalue weighted by atomic mass is 9.69. The second-order valence-electron chi connectivity index (χ2n) is 19.1. The molecule has 0 aliphatic heterocycles. The Bertz CT molecular complexity index is 2750. The van der Waals surface area contributed by atoms with E-state index in [-0.39, 0.29) is 5.54 Å². The van der Waals surface area contributed by atoms with Gasteiger partial charge in [-0.2, -0.15) is 0 Å². The molecule has 0 spiro atoms. The second kappa shape index (κ2) is 17.7. The fourth-order valence-corrected chi connectivity index (χ4v) is 10.4. The summed E-state index contributed by atoms with van der Waals surface area (Å²) in [4.78, 5) is 24.1. The van der Waals surface area contributed by atoms with E-state index in [9.17, 15) is 20.3 Å². The molecule has 10 nitrogen and oxygen atoms in total. The summed E-state index contributed by atoms with van der Waals surface area (Å²) in [5.41, 5.74) is 21.0. The fourth-order valence-electron chi connectivity index (χ4n) is 10.4. The van der Waals surface area contributed by atoms with E-state index in [0.29, 0.717) is 5.71 Å². The summed E-state index contributed by atoms with van der Waals surface area (Å²) in [6.07, 6.45) is 10.2. The van der Waals surface area contributed by atoms with Crippen LogP contribution in [0.25, 0.3) is 44.8 Å². The van der Waals surface area contributed by atoms with Crippen molar-refractivity contribution >= 4 is 17.5 Å². The van der Waals surface area contributed by atoms with Gasteiger partial charge >= 0.3 is 6.09 Å². The van der Waals surface area contributed by atoms with Crippen LogP contribution in [-0.2, 0) is 23.9 Å². The Morgan fingerprint density at radius 1 is 0.569 bits per heavy atom. The zero-order valence-electron chi connectivity index (χ0n) is 37.6. The van der Waals surface area contributed by atoms with E-state index in [1.807, 2.05) is 57.2 Å². The average Bonchev–Trinajstić information content (AvgIpc) is 3.31. The number of nitrogens with zero attached hydrogens (tertiary/aromatic N) is 5. The molecule has 0 atom stereocenters. The van der Waals surface area contributed by atoms with E-state index in [1.54, 1.807) is 4.90 Å². The molecule has 2 aromatic heterocycles. The van der Waals surface area contributed by atoms with E-state index < -0.39 is 17.2 Å². The van der Waals surface area contributed by atoms with Crippen LogP contribution < -0.4 is 5.73 Å². The van der Waals surface area contributed by atoms with Crippen LogP contribution in [-0.4, -0.2) is 53.4 Å². The summed E-state index contributed by atoms with van der Waals surface area (Å²) >= 11 is 0. The van der Waals surface area contributed by atoms with E-state index in [2.05, 4.69) is 95.2 Å². The predicted octanol–water partition coefficient (Wildman–Crippen LogP) is 12.4. The van der Waals surface area contributed by atoms with Crippen LogP contribution >= 0.6 is 0 Å². The van der Waals surface area contributed by atoms with Gasteiger partial charge in [-0.25, -0.2) is 4.79 Å². The van der Waals surface area contributed by atoms with Gasteiger partial charge in [0.1, 0.15) is 0 Å². The first-order valence-corrected chi connectivity index (χ1v) is 23.1. The third-order valence-electron chi connectivity index (χ3n) is 14.0. The van der Waals surface area contributed by atoms with Gasteiger partial charge in [0.2, 0.25) is 0 Å². The number of carbonyl (C=O) groups is 1. The number of amides is 1. The smallest absolute Gasteiger partial charge is 0.408 e. The first-order valence-electron chi connectivity index (χ1n) is 23.1. The van der Waals surface area contributed by atoms with Crippen LogP contribution in [0.3, 0.4) is 0 Å². The number of hydrogen-bond donors (Lipinski definition) is 4. The van der Waals surface area contributed by atoms with E-state index >= 15 is 0 Å². The Labute approximate surface area is 381 Å². The maximum Gasteiger partial charge on any atom is 0.408 e. The summed E-state index contributed by atoms with van der Waals surface area (Å²) in [6, 6.07) is 41.6. The molecule has 4 aliphatic carbocycles.